The molecule has 15 heavy (non-hydrogen) atoms. The summed E-state index contributed by atoms with van der Waals surface area (Å²) in [6, 6.07) is 5.77. The molecule has 0 saturated heterocycles. The van der Waals surface area contributed by atoms with Crippen molar-refractivity contribution >= 4 is 33.5 Å². The predicted octanol–water partition coefficient (Wildman–Crippen LogP) is 3.25. The van der Waals surface area contributed by atoms with Gasteiger partial charge < -0.3 is 5.11 Å². The number of carbonyl (C=O) groups is 1. The van der Waals surface area contributed by atoms with Crippen LogP contribution >= 0.6 is 27.5 Å². The molecule has 0 unspecified atom stereocenters. The van der Waals surface area contributed by atoms with Crippen molar-refractivity contribution in [2.24, 2.45) is 0 Å². The maximum atomic E-state index is 10.5. The van der Waals surface area contributed by atoms with Crippen LogP contribution in [0.1, 0.15) is 17.5 Å². The van der Waals surface area contributed by atoms with Crippen molar-refractivity contribution < 1.29 is 9.90 Å². The van der Waals surface area contributed by atoms with E-state index in [9.17, 15) is 4.79 Å². The van der Waals surface area contributed by atoms with Crippen LogP contribution in [-0.2, 0) is 17.6 Å². The van der Waals surface area contributed by atoms with E-state index in [0.717, 1.165) is 22.9 Å². The van der Waals surface area contributed by atoms with Gasteiger partial charge >= 0.3 is 5.97 Å². The number of aryl methyl sites for hydroxylation is 1. The fourth-order valence-electron chi connectivity index (χ4n) is 1.32. The molecule has 4 heteroatoms. The van der Waals surface area contributed by atoms with Crippen LogP contribution in [0.2, 0.25) is 0 Å². The normalized spacial score (nSPS) is 10.3. The van der Waals surface area contributed by atoms with E-state index in [1.807, 2.05) is 18.2 Å². The van der Waals surface area contributed by atoms with E-state index in [0.29, 0.717) is 5.88 Å². The maximum absolute atomic E-state index is 10.5. The Labute approximate surface area is 102 Å². The van der Waals surface area contributed by atoms with Gasteiger partial charge in [-0.15, -0.1) is 11.6 Å². The van der Waals surface area contributed by atoms with Gasteiger partial charge in [-0.2, -0.15) is 0 Å². The first-order valence-corrected chi connectivity index (χ1v) is 6.01. The molecule has 0 amide bonds. The number of rotatable bonds is 5. The van der Waals surface area contributed by atoms with Gasteiger partial charge in [0.15, 0.2) is 0 Å². The first-order valence-electron chi connectivity index (χ1n) is 4.68. The zero-order valence-corrected chi connectivity index (χ0v) is 10.5. The quantitative estimate of drug-likeness (QED) is 0.846. The van der Waals surface area contributed by atoms with Gasteiger partial charge in [0, 0.05) is 10.4 Å². The van der Waals surface area contributed by atoms with Crippen LogP contribution in [-0.4, -0.2) is 17.0 Å². The molecular formula is C11H12BrClO2. The Morgan fingerprint density at radius 3 is 2.73 bits per heavy atom. The van der Waals surface area contributed by atoms with Gasteiger partial charge in [-0.3, -0.25) is 4.79 Å². The molecule has 0 aliphatic heterocycles. The van der Waals surface area contributed by atoms with E-state index in [-0.39, 0.29) is 6.42 Å². The fourth-order valence-corrected chi connectivity index (χ4v) is 2.02. The summed E-state index contributed by atoms with van der Waals surface area (Å²) in [5.74, 6) is -0.168. The minimum Gasteiger partial charge on any atom is -0.481 e. The smallest absolute Gasteiger partial charge is 0.307 e. The predicted molar refractivity (Wildman–Crippen MR) is 64.5 cm³/mol. The van der Waals surface area contributed by atoms with Crippen LogP contribution in [0.25, 0.3) is 0 Å². The van der Waals surface area contributed by atoms with Crippen LogP contribution in [0, 0.1) is 0 Å². The summed E-state index contributed by atoms with van der Waals surface area (Å²) in [5, 5.41) is 8.66. The zero-order valence-electron chi connectivity index (χ0n) is 8.17. The summed E-state index contributed by atoms with van der Waals surface area (Å²) in [6.45, 7) is 0. The van der Waals surface area contributed by atoms with Gasteiger partial charge in [0.1, 0.15) is 0 Å². The van der Waals surface area contributed by atoms with Gasteiger partial charge in [0.2, 0.25) is 0 Å². The van der Waals surface area contributed by atoms with Gasteiger partial charge in [-0.1, -0.05) is 28.1 Å². The maximum Gasteiger partial charge on any atom is 0.307 e. The minimum absolute atomic E-state index is 0.0520. The second kappa shape index (κ2) is 6.13. The number of aliphatic carboxylic acids is 1. The number of hydrogen-bond acceptors (Lipinski definition) is 1. The number of halogens is 2. The average Bonchev–Trinajstić information content (AvgIpc) is 2.18. The Balaban J connectivity index is 2.74. The first-order chi connectivity index (χ1) is 7.13. The van der Waals surface area contributed by atoms with E-state index < -0.39 is 5.97 Å². The lowest BCUT2D eigenvalue weighted by atomic mass is 10.1. The summed E-state index contributed by atoms with van der Waals surface area (Å²) < 4.78 is 0.858. The van der Waals surface area contributed by atoms with Crippen LogP contribution in [0.4, 0.5) is 0 Å². The Morgan fingerprint density at radius 2 is 2.20 bits per heavy atom. The summed E-state index contributed by atoms with van der Waals surface area (Å²) in [5.41, 5.74) is 1.98. The standard InChI is InChI=1S/C11H12BrClO2/c12-10-6-8(2-1-5-13)3-4-9(10)7-11(14)15/h3-4,6H,1-2,5,7H2,(H,14,15). The molecule has 0 bridgehead atoms. The monoisotopic (exact) mass is 290 g/mol. The van der Waals surface area contributed by atoms with E-state index in [2.05, 4.69) is 15.9 Å². The first kappa shape index (κ1) is 12.5. The second-order valence-corrected chi connectivity index (χ2v) is 4.52. The number of carboxylic acids is 1. The lowest BCUT2D eigenvalue weighted by molar-refractivity contribution is -0.136. The molecule has 1 aromatic carbocycles. The molecule has 1 N–H and O–H groups in total. The molecule has 0 aromatic heterocycles. The molecule has 2 nitrogen and oxygen atoms in total. The highest BCUT2D eigenvalue weighted by Crippen LogP contribution is 2.20. The van der Waals surface area contributed by atoms with Crippen molar-refractivity contribution in [3.05, 3.63) is 33.8 Å². The van der Waals surface area contributed by atoms with Gasteiger partial charge in [-0.05, 0) is 30.0 Å². The Kier molecular flexibility index (Phi) is 5.12. The molecular weight excluding hydrogens is 279 g/mol. The van der Waals surface area contributed by atoms with Gasteiger partial charge in [-0.25, -0.2) is 0 Å². The molecule has 0 aliphatic rings. The highest BCUT2D eigenvalue weighted by Gasteiger charge is 2.05. The largest absolute Gasteiger partial charge is 0.481 e. The molecule has 0 radical (unpaired) electrons. The van der Waals surface area contributed by atoms with Gasteiger partial charge in [0.25, 0.3) is 0 Å². The van der Waals surface area contributed by atoms with Crippen molar-refractivity contribution in [1.82, 2.24) is 0 Å². The summed E-state index contributed by atoms with van der Waals surface area (Å²) in [4.78, 5) is 10.5. The third-order valence-electron chi connectivity index (χ3n) is 2.06. The Morgan fingerprint density at radius 1 is 1.47 bits per heavy atom. The molecule has 0 spiro atoms. The number of carboxylic acid groups (broad SMARTS) is 1. The summed E-state index contributed by atoms with van der Waals surface area (Å²) in [7, 11) is 0. The van der Waals surface area contributed by atoms with E-state index in [1.165, 1.54) is 5.56 Å². The van der Waals surface area contributed by atoms with Crippen molar-refractivity contribution in [3.8, 4) is 0 Å². The Hall–Kier alpha value is -0.540. The molecule has 82 valence electrons. The lowest BCUT2D eigenvalue weighted by Gasteiger charge is -2.04. The minimum atomic E-state index is -0.816. The molecule has 0 saturated carbocycles. The summed E-state index contributed by atoms with van der Waals surface area (Å²) >= 11 is 8.97. The fraction of sp³-hybridized carbons (Fsp3) is 0.364. The molecule has 0 atom stereocenters. The highest BCUT2D eigenvalue weighted by molar-refractivity contribution is 9.10. The zero-order chi connectivity index (χ0) is 11.3. The average molecular weight is 292 g/mol. The third kappa shape index (κ3) is 4.22. The van der Waals surface area contributed by atoms with Crippen LogP contribution in [0.15, 0.2) is 22.7 Å². The topological polar surface area (TPSA) is 37.3 Å². The second-order valence-electron chi connectivity index (χ2n) is 3.29. The van der Waals surface area contributed by atoms with Crippen LogP contribution in [0.3, 0.4) is 0 Å². The van der Waals surface area contributed by atoms with E-state index in [4.69, 9.17) is 16.7 Å². The molecule has 1 aromatic rings. The van der Waals surface area contributed by atoms with Gasteiger partial charge in [0.05, 0.1) is 6.42 Å². The SMILES string of the molecule is O=C(O)Cc1ccc(CCCCl)cc1Br. The van der Waals surface area contributed by atoms with E-state index >= 15 is 0 Å². The van der Waals surface area contributed by atoms with Crippen LogP contribution < -0.4 is 0 Å². The summed E-state index contributed by atoms with van der Waals surface area (Å²) in [6.07, 6.45) is 1.91. The van der Waals surface area contributed by atoms with Crippen molar-refractivity contribution in [2.75, 3.05) is 5.88 Å². The van der Waals surface area contributed by atoms with Crippen LogP contribution in [0.5, 0.6) is 0 Å². The number of alkyl halides is 1. The van der Waals surface area contributed by atoms with Crippen molar-refractivity contribution in [3.63, 3.8) is 0 Å². The molecule has 0 heterocycles. The molecule has 1 rings (SSSR count). The number of hydrogen-bond donors (Lipinski definition) is 1. The Bertz CT molecular complexity index is 352. The van der Waals surface area contributed by atoms with Crippen molar-refractivity contribution in [1.29, 1.82) is 0 Å². The lowest BCUT2D eigenvalue weighted by Crippen LogP contribution is -2.01. The van der Waals surface area contributed by atoms with E-state index in [1.54, 1.807) is 0 Å². The molecule has 0 fully saturated rings. The van der Waals surface area contributed by atoms with Crippen molar-refractivity contribution in [2.45, 2.75) is 19.3 Å². The number of benzene rings is 1. The third-order valence-corrected chi connectivity index (χ3v) is 3.06. The molecule has 0 aliphatic carbocycles. The highest BCUT2D eigenvalue weighted by atomic mass is 79.9.